The highest BCUT2D eigenvalue weighted by Gasteiger charge is 2.33. The van der Waals surface area contributed by atoms with Gasteiger partial charge in [0.2, 0.25) is 11.4 Å². The van der Waals surface area contributed by atoms with Crippen LogP contribution in [0.5, 0.6) is 5.75 Å². The number of hydrogen-bond donors (Lipinski definition) is 1. The molecule has 0 aliphatic heterocycles. The fourth-order valence-electron chi connectivity index (χ4n) is 1.91. The van der Waals surface area contributed by atoms with E-state index in [2.05, 4.69) is 5.32 Å². The lowest BCUT2D eigenvalue weighted by atomic mass is 10.2. The van der Waals surface area contributed by atoms with Crippen molar-refractivity contribution < 1.29 is 14.6 Å². The van der Waals surface area contributed by atoms with Gasteiger partial charge in [0, 0.05) is 11.8 Å². The van der Waals surface area contributed by atoms with Crippen LogP contribution in [0.25, 0.3) is 0 Å². The SMILES string of the molecule is COc1c(Cl)cc([N+](=O)[O-])c(Nc2ccccc2)c1[N+](=O)[O-]. The van der Waals surface area contributed by atoms with E-state index in [4.69, 9.17) is 16.3 Å². The van der Waals surface area contributed by atoms with Gasteiger partial charge in [-0.25, -0.2) is 0 Å². The number of para-hydroxylation sites is 1. The first-order valence-corrected chi connectivity index (χ1v) is 6.34. The standard InChI is InChI=1S/C13H10ClN3O5/c1-22-13-9(14)7-10(16(18)19)11(12(13)17(20)21)15-8-5-3-2-4-6-8/h2-7,15H,1H3. The van der Waals surface area contributed by atoms with Gasteiger partial charge in [-0.15, -0.1) is 0 Å². The van der Waals surface area contributed by atoms with Gasteiger partial charge in [-0.05, 0) is 12.1 Å². The summed E-state index contributed by atoms with van der Waals surface area (Å²) in [6, 6.07) is 9.37. The van der Waals surface area contributed by atoms with Crippen LogP contribution in [0.3, 0.4) is 0 Å². The number of methoxy groups -OCH3 is 1. The first kappa shape index (κ1) is 15.5. The molecular formula is C13H10ClN3O5. The molecule has 114 valence electrons. The molecule has 0 aliphatic rings. The van der Waals surface area contributed by atoms with Crippen LogP contribution in [0.1, 0.15) is 0 Å². The van der Waals surface area contributed by atoms with Crippen molar-refractivity contribution in [3.63, 3.8) is 0 Å². The molecule has 0 aliphatic carbocycles. The molecule has 9 heteroatoms. The van der Waals surface area contributed by atoms with Crippen LogP contribution in [0.4, 0.5) is 22.7 Å². The van der Waals surface area contributed by atoms with Gasteiger partial charge in [-0.1, -0.05) is 29.8 Å². The lowest BCUT2D eigenvalue weighted by Gasteiger charge is -2.11. The molecule has 2 rings (SSSR count). The Balaban J connectivity index is 2.72. The van der Waals surface area contributed by atoms with Crippen molar-refractivity contribution in [1.29, 1.82) is 0 Å². The molecule has 0 spiro atoms. The Morgan fingerprint density at radius 3 is 2.27 bits per heavy atom. The van der Waals surface area contributed by atoms with Crippen LogP contribution in [-0.2, 0) is 0 Å². The second kappa shape index (κ2) is 6.27. The molecule has 0 saturated heterocycles. The van der Waals surface area contributed by atoms with Crippen molar-refractivity contribution in [3.05, 3.63) is 61.6 Å². The van der Waals surface area contributed by atoms with E-state index >= 15 is 0 Å². The van der Waals surface area contributed by atoms with Crippen molar-refractivity contribution in [1.82, 2.24) is 0 Å². The molecule has 0 heterocycles. The molecule has 8 nitrogen and oxygen atoms in total. The minimum atomic E-state index is -0.775. The van der Waals surface area contributed by atoms with Gasteiger partial charge >= 0.3 is 11.4 Å². The molecule has 0 radical (unpaired) electrons. The maximum absolute atomic E-state index is 11.3. The largest absolute Gasteiger partial charge is 0.489 e. The summed E-state index contributed by atoms with van der Waals surface area (Å²) >= 11 is 5.84. The zero-order chi connectivity index (χ0) is 16.3. The van der Waals surface area contributed by atoms with E-state index < -0.39 is 21.2 Å². The molecule has 0 fully saturated rings. The number of halogens is 1. The summed E-state index contributed by atoms with van der Waals surface area (Å²) in [5, 5.41) is 25.0. The third-order valence-electron chi connectivity index (χ3n) is 2.81. The van der Waals surface area contributed by atoms with Gasteiger partial charge in [-0.3, -0.25) is 20.2 Å². The molecule has 0 saturated carbocycles. The topological polar surface area (TPSA) is 108 Å². The average molecular weight is 324 g/mol. The van der Waals surface area contributed by atoms with Gasteiger partial charge in [-0.2, -0.15) is 0 Å². The Bertz CT molecular complexity index is 736. The highest BCUT2D eigenvalue weighted by Crippen LogP contribution is 2.47. The zero-order valence-corrected chi connectivity index (χ0v) is 12.0. The second-order valence-corrected chi connectivity index (χ2v) is 4.55. The average Bonchev–Trinajstić information content (AvgIpc) is 2.48. The van der Waals surface area contributed by atoms with Crippen molar-refractivity contribution in [2.45, 2.75) is 0 Å². The summed E-state index contributed by atoms with van der Waals surface area (Å²) in [5.74, 6) is -0.240. The molecular weight excluding hydrogens is 314 g/mol. The van der Waals surface area contributed by atoms with Crippen molar-refractivity contribution in [2.24, 2.45) is 0 Å². The number of benzene rings is 2. The van der Waals surface area contributed by atoms with Crippen LogP contribution in [0.15, 0.2) is 36.4 Å². The number of hydrogen-bond acceptors (Lipinski definition) is 6. The molecule has 1 N–H and O–H groups in total. The van der Waals surface area contributed by atoms with Crippen LogP contribution >= 0.6 is 11.6 Å². The summed E-state index contributed by atoms with van der Waals surface area (Å²) in [7, 11) is 1.20. The maximum Gasteiger partial charge on any atom is 0.342 e. The van der Waals surface area contributed by atoms with E-state index in [0.717, 1.165) is 6.07 Å². The van der Waals surface area contributed by atoms with E-state index in [1.54, 1.807) is 30.3 Å². The lowest BCUT2D eigenvalue weighted by molar-refractivity contribution is -0.392. The molecule has 0 atom stereocenters. The predicted octanol–water partition coefficient (Wildman–Crippen LogP) is 3.91. The molecule has 2 aromatic carbocycles. The molecule has 0 amide bonds. The van der Waals surface area contributed by atoms with Gasteiger partial charge in [0.25, 0.3) is 0 Å². The van der Waals surface area contributed by atoms with Crippen LogP contribution in [-0.4, -0.2) is 17.0 Å². The normalized spacial score (nSPS) is 10.1. The highest BCUT2D eigenvalue weighted by atomic mass is 35.5. The van der Waals surface area contributed by atoms with Crippen LogP contribution in [0.2, 0.25) is 5.02 Å². The third-order valence-corrected chi connectivity index (χ3v) is 3.10. The van der Waals surface area contributed by atoms with E-state index in [1.165, 1.54) is 7.11 Å². The Hall–Kier alpha value is -2.87. The quantitative estimate of drug-likeness (QED) is 0.660. The second-order valence-electron chi connectivity index (χ2n) is 4.14. The molecule has 0 bridgehead atoms. The highest BCUT2D eigenvalue weighted by molar-refractivity contribution is 6.33. The smallest absolute Gasteiger partial charge is 0.342 e. The van der Waals surface area contributed by atoms with Gasteiger partial charge in [0.15, 0.2) is 0 Å². The van der Waals surface area contributed by atoms with E-state index in [9.17, 15) is 20.2 Å². The maximum atomic E-state index is 11.3. The van der Waals surface area contributed by atoms with Crippen molar-refractivity contribution in [3.8, 4) is 5.75 Å². The summed E-state index contributed by atoms with van der Waals surface area (Å²) in [4.78, 5) is 21.0. The lowest BCUT2D eigenvalue weighted by Crippen LogP contribution is -2.04. The number of nitro benzene ring substituents is 2. The van der Waals surface area contributed by atoms with Gasteiger partial charge in [0.1, 0.15) is 0 Å². The molecule has 2 aromatic rings. The van der Waals surface area contributed by atoms with Gasteiger partial charge in [0.05, 0.1) is 22.0 Å². The Labute approximate surface area is 129 Å². The fraction of sp³-hybridized carbons (Fsp3) is 0.0769. The van der Waals surface area contributed by atoms with Crippen molar-refractivity contribution in [2.75, 3.05) is 12.4 Å². The minimum Gasteiger partial charge on any atom is -0.489 e. The van der Waals surface area contributed by atoms with E-state index in [1.807, 2.05) is 0 Å². The van der Waals surface area contributed by atoms with Gasteiger partial charge < -0.3 is 10.1 Å². The number of anilines is 2. The fourth-order valence-corrected chi connectivity index (χ4v) is 2.18. The number of nitrogens with one attached hydrogen (secondary N) is 1. The number of nitro groups is 2. The van der Waals surface area contributed by atoms with Crippen LogP contribution < -0.4 is 10.1 Å². The molecule has 0 unspecified atom stereocenters. The Morgan fingerprint density at radius 1 is 1.14 bits per heavy atom. The summed E-state index contributed by atoms with van der Waals surface area (Å²) in [6.07, 6.45) is 0. The first-order valence-electron chi connectivity index (χ1n) is 5.97. The number of nitrogens with zero attached hydrogens (tertiary/aromatic N) is 2. The monoisotopic (exact) mass is 323 g/mol. The first-order chi connectivity index (χ1) is 10.5. The third kappa shape index (κ3) is 2.91. The van der Waals surface area contributed by atoms with Crippen molar-refractivity contribution >= 4 is 34.4 Å². The summed E-state index contributed by atoms with van der Waals surface area (Å²) < 4.78 is 4.91. The van der Waals surface area contributed by atoms with E-state index in [-0.39, 0.29) is 16.5 Å². The van der Waals surface area contributed by atoms with E-state index in [0.29, 0.717) is 5.69 Å². The number of rotatable bonds is 5. The summed E-state index contributed by atoms with van der Waals surface area (Å²) in [5.41, 5.74) is -0.938. The number of ether oxygens (including phenoxy) is 1. The molecule has 22 heavy (non-hydrogen) atoms. The Kier molecular flexibility index (Phi) is 4.42. The molecule has 0 aromatic heterocycles. The zero-order valence-electron chi connectivity index (χ0n) is 11.3. The Morgan fingerprint density at radius 2 is 1.77 bits per heavy atom. The minimum absolute atomic E-state index is 0.209. The van der Waals surface area contributed by atoms with Crippen LogP contribution in [0, 0.1) is 20.2 Å². The summed E-state index contributed by atoms with van der Waals surface area (Å²) in [6.45, 7) is 0. The predicted molar refractivity (Wildman–Crippen MR) is 81.0 cm³/mol.